The van der Waals surface area contributed by atoms with E-state index in [4.69, 9.17) is 9.15 Å². The van der Waals surface area contributed by atoms with Crippen LogP contribution in [0, 0.1) is 0 Å². The van der Waals surface area contributed by atoms with Crippen molar-refractivity contribution >= 4 is 0 Å². The Kier molecular flexibility index (Phi) is 4.04. The van der Waals surface area contributed by atoms with Crippen molar-refractivity contribution in [3.05, 3.63) is 54.0 Å². The van der Waals surface area contributed by atoms with Crippen LogP contribution in [0.2, 0.25) is 0 Å². The van der Waals surface area contributed by atoms with Crippen LogP contribution in [0.4, 0.5) is 0 Å². The second-order valence-corrected chi connectivity index (χ2v) is 4.98. The summed E-state index contributed by atoms with van der Waals surface area (Å²) in [5.41, 5.74) is 1.21. The summed E-state index contributed by atoms with van der Waals surface area (Å²) in [5, 5.41) is 3.39. The first-order chi connectivity index (χ1) is 9.88. The first-order valence-electron chi connectivity index (χ1n) is 7.00. The van der Waals surface area contributed by atoms with Crippen molar-refractivity contribution in [1.29, 1.82) is 0 Å². The molecule has 1 N–H and O–H groups in total. The molecule has 106 valence electrons. The van der Waals surface area contributed by atoms with Crippen LogP contribution in [0.5, 0.6) is 5.75 Å². The molecular formula is C16H20N2O2. The zero-order valence-corrected chi connectivity index (χ0v) is 11.7. The standard InChI is InChI=1S/C16H20N2O2/c1-19-14-5-2-4-13(12-14)16(15-6-3-11-20-15)18-9-7-17-8-10-18/h2-6,11-12,16-17H,7-10H2,1H3. The summed E-state index contributed by atoms with van der Waals surface area (Å²) >= 11 is 0. The van der Waals surface area contributed by atoms with Crippen LogP contribution in [0.15, 0.2) is 47.1 Å². The lowest BCUT2D eigenvalue weighted by molar-refractivity contribution is 0.180. The number of piperazine rings is 1. The van der Waals surface area contributed by atoms with E-state index in [1.165, 1.54) is 5.56 Å². The van der Waals surface area contributed by atoms with E-state index in [-0.39, 0.29) is 6.04 Å². The van der Waals surface area contributed by atoms with E-state index in [0.29, 0.717) is 0 Å². The minimum atomic E-state index is 0.155. The third-order valence-corrected chi connectivity index (χ3v) is 3.74. The monoisotopic (exact) mass is 272 g/mol. The van der Waals surface area contributed by atoms with Gasteiger partial charge < -0.3 is 14.5 Å². The van der Waals surface area contributed by atoms with Gasteiger partial charge in [0.2, 0.25) is 0 Å². The van der Waals surface area contributed by atoms with Gasteiger partial charge in [-0.15, -0.1) is 0 Å². The highest BCUT2D eigenvalue weighted by Gasteiger charge is 2.26. The van der Waals surface area contributed by atoms with Crippen LogP contribution in [0.3, 0.4) is 0 Å². The molecule has 1 saturated heterocycles. The Hall–Kier alpha value is -1.78. The van der Waals surface area contributed by atoms with E-state index in [9.17, 15) is 0 Å². The van der Waals surface area contributed by atoms with Crippen molar-refractivity contribution in [2.45, 2.75) is 6.04 Å². The van der Waals surface area contributed by atoms with Gasteiger partial charge in [0.1, 0.15) is 11.5 Å². The summed E-state index contributed by atoms with van der Waals surface area (Å²) in [6.07, 6.45) is 1.74. The molecule has 0 radical (unpaired) electrons. The Balaban J connectivity index is 1.95. The Morgan fingerprint density at radius 3 is 2.75 bits per heavy atom. The number of methoxy groups -OCH3 is 1. The lowest BCUT2D eigenvalue weighted by Crippen LogP contribution is -2.45. The molecule has 1 unspecified atom stereocenters. The fourth-order valence-electron chi connectivity index (χ4n) is 2.75. The highest BCUT2D eigenvalue weighted by atomic mass is 16.5. The normalized spacial score (nSPS) is 17.9. The molecule has 1 aromatic carbocycles. The lowest BCUT2D eigenvalue weighted by atomic mass is 10.0. The molecule has 0 bridgehead atoms. The van der Waals surface area contributed by atoms with Crippen LogP contribution in [-0.4, -0.2) is 38.2 Å². The minimum Gasteiger partial charge on any atom is -0.497 e. The van der Waals surface area contributed by atoms with E-state index < -0.39 is 0 Å². The molecular weight excluding hydrogens is 252 g/mol. The van der Waals surface area contributed by atoms with E-state index in [1.807, 2.05) is 24.3 Å². The zero-order chi connectivity index (χ0) is 13.8. The molecule has 3 rings (SSSR count). The molecule has 20 heavy (non-hydrogen) atoms. The molecule has 0 spiro atoms. The summed E-state index contributed by atoms with van der Waals surface area (Å²) < 4.78 is 11.0. The summed E-state index contributed by atoms with van der Waals surface area (Å²) in [7, 11) is 1.70. The summed E-state index contributed by atoms with van der Waals surface area (Å²) in [5.74, 6) is 1.87. The van der Waals surface area contributed by atoms with E-state index in [0.717, 1.165) is 37.7 Å². The van der Waals surface area contributed by atoms with Gasteiger partial charge in [-0.2, -0.15) is 0 Å². The third kappa shape index (κ3) is 2.71. The quantitative estimate of drug-likeness (QED) is 0.926. The van der Waals surface area contributed by atoms with Gasteiger partial charge in [-0.3, -0.25) is 4.90 Å². The molecule has 1 fully saturated rings. The molecule has 0 aliphatic carbocycles. The summed E-state index contributed by atoms with van der Waals surface area (Å²) in [6.45, 7) is 4.06. The number of nitrogens with zero attached hydrogens (tertiary/aromatic N) is 1. The van der Waals surface area contributed by atoms with Gasteiger partial charge in [0.15, 0.2) is 0 Å². The maximum absolute atomic E-state index is 5.67. The highest BCUT2D eigenvalue weighted by Crippen LogP contribution is 2.31. The Morgan fingerprint density at radius 1 is 1.20 bits per heavy atom. The Labute approximate surface area is 119 Å². The van der Waals surface area contributed by atoms with Gasteiger partial charge in [0.05, 0.1) is 19.4 Å². The topological polar surface area (TPSA) is 37.6 Å². The van der Waals surface area contributed by atoms with E-state index >= 15 is 0 Å². The van der Waals surface area contributed by atoms with Crippen molar-refractivity contribution in [2.75, 3.05) is 33.3 Å². The molecule has 1 atom stereocenters. The Bertz CT molecular complexity index is 533. The number of nitrogens with one attached hydrogen (secondary N) is 1. The smallest absolute Gasteiger partial charge is 0.125 e. The molecule has 1 aliphatic rings. The van der Waals surface area contributed by atoms with Crippen molar-refractivity contribution in [3.63, 3.8) is 0 Å². The second-order valence-electron chi connectivity index (χ2n) is 4.98. The number of rotatable bonds is 4. The molecule has 0 amide bonds. The number of ether oxygens (including phenoxy) is 1. The Morgan fingerprint density at radius 2 is 2.05 bits per heavy atom. The molecule has 1 aliphatic heterocycles. The van der Waals surface area contributed by atoms with Gasteiger partial charge >= 0.3 is 0 Å². The fourth-order valence-corrected chi connectivity index (χ4v) is 2.75. The maximum Gasteiger partial charge on any atom is 0.125 e. The maximum atomic E-state index is 5.67. The molecule has 4 nitrogen and oxygen atoms in total. The SMILES string of the molecule is COc1cccc(C(c2ccco2)N2CCNCC2)c1. The van der Waals surface area contributed by atoms with Crippen LogP contribution < -0.4 is 10.1 Å². The predicted molar refractivity (Wildman–Crippen MR) is 78.0 cm³/mol. The first kappa shape index (κ1) is 13.2. The first-order valence-corrected chi connectivity index (χ1v) is 7.00. The van der Waals surface area contributed by atoms with Crippen LogP contribution in [0.1, 0.15) is 17.4 Å². The van der Waals surface area contributed by atoms with Crippen molar-refractivity contribution in [1.82, 2.24) is 10.2 Å². The minimum absolute atomic E-state index is 0.155. The van der Waals surface area contributed by atoms with Crippen LogP contribution in [-0.2, 0) is 0 Å². The highest BCUT2D eigenvalue weighted by molar-refractivity contribution is 5.34. The van der Waals surface area contributed by atoms with E-state index in [1.54, 1.807) is 13.4 Å². The molecule has 1 aromatic heterocycles. The lowest BCUT2D eigenvalue weighted by Gasteiger charge is -2.34. The van der Waals surface area contributed by atoms with Crippen LogP contribution >= 0.6 is 0 Å². The van der Waals surface area contributed by atoms with Crippen LogP contribution in [0.25, 0.3) is 0 Å². The molecule has 0 saturated carbocycles. The van der Waals surface area contributed by atoms with Crippen molar-refractivity contribution in [3.8, 4) is 5.75 Å². The summed E-state index contributed by atoms with van der Waals surface area (Å²) in [6, 6.07) is 12.4. The van der Waals surface area contributed by atoms with Gasteiger partial charge in [-0.05, 0) is 29.8 Å². The number of benzene rings is 1. The second kappa shape index (κ2) is 6.11. The summed E-state index contributed by atoms with van der Waals surface area (Å²) in [4.78, 5) is 2.45. The fraction of sp³-hybridized carbons (Fsp3) is 0.375. The molecule has 2 aromatic rings. The van der Waals surface area contributed by atoms with E-state index in [2.05, 4.69) is 22.3 Å². The number of furan rings is 1. The van der Waals surface area contributed by atoms with Gasteiger partial charge in [0.25, 0.3) is 0 Å². The average Bonchev–Trinajstić information content (AvgIpc) is 3.03. The zero-order valence-electron chi connectivity index (χ0n) is 11.7. The van der Waals surface area contributed by atoms with Crippen molar-refractivity contribution < 1.29 is 9.15 Å². The molecule has 2 heterocycles. The van der Waals surface area contributed by atoms with Gasteiger partial charge in [-0.1, -0.05) is 12.1 Å². The number of hydrogen-bond donors (Lipinski definition) is 1. The number of hydrogen-bond acceptors (Lipinski definition) is 4. The van der Waals surface area contributed by atoms with Gasteiger partial charge in [-0.25, -0.2) is 0 Å². The third-order valence-electron chi connectivity index (χ3n) is 3.74. The average molecular weight is 272 g/mol. The van der Waals surface area contributed by atoms with Gasteiger partial charge in [0, 0.05) is 26.2 Å². The predicted octanol–water partition coefficient (Wildman–Crippen LogP) is 2.28. The molecule has 4 heteroatoms. The van der Waals surface area contributed by atoms with Crippen molar-refractivity contribution in [2.24, 2.45) is 0 Å². The largest absolute Gasteiger partial charge is 0.497 e.